The molecule has 0 atom stereocenters. The van der Waals surface area contributed by atoms with E-state index in [1.165, 1.54) is 24.0 Å². The van der Waals surface area contributed by atoms with E-state index in [1.807, 2.05) is 25.2 Å². The molecule has 0 unspecified atom stereocenters. The Kier molecular flexibility index (Phi) is 4.00. The molecular formula is C18H20N2O. The second-order valence-corrected chi connectivity index (χ2v) is 5.71. The number of hydrogen-bond donors (Lipinski definition) is 0. The van der Waals surface area contributed by atoms with E-state index in [0.29, 0.717) is 6.54 Å². The van der Waals surface area contributed by atoms with Gasteiger partial charge in [-0.1, -0.05) is 12.1 Å². The van der Waals surface area contributed by atoms with Crippen molar-refractivity contribution in [3.8, 4) is 0 Å². The Morgan fingerprint density at radius 2 is 2.00 bits per heavy atom. The zero-order valence-corrected chi connectivity index (χ0v) is 12.4. The molecule has 0 radical (unpaired) electrons. The summed E-state index contributed by atoms with van der Waals surface area (Å²) in [5, 5.41) is 0. The molecule has 1 heterocycles. The van der Waals surface area contributed by atoms with Gasteiger partial charge in [0.25, 0.3) is 5.91 Å². The number of carbonyl (C=O) groups is 1. The Hall–Kier alpha value is -2.16. The maximum atomic E-state index is 12.5. The molecule has 0 fully saturated rings. The highest BCUT2D eigenvalue weighted by Gasteiger charge is 2.15. The van der Waals surface area contributed by atoms with Crippen molar-refractivity contribution in [1.29, 1.82) is 0 Å². The van der Waals surface area contributed by atoms with Gasteiger partial charge in [-0.05, 0) is 60.6 Å². The Morgan fingerprint density at radius 1 is 1.19 bits per heavy atom. The summed E-state index contributed by atoms with van der Waals surface area (Å²) in [6, 6.07) is 10.1. The van der Waals surface area contributed by atoms with Crippen LogP contribution in [0.25, 0.3) is 0 Å². The molecule has 3 nitrogen and oxygen atoms in total. The van der Waals surface area contributed by atoms with E-state index in [0.717, 1.165) is 24.0 Å². The predicted molar refractivity (Wildman–Crippen MR) is 83.1 cm³/mol. The highest BCUT2D eigenvalue weighted by atomic mass is 16.2. The zero-order chi connectivity index (χ0) is 14.7. The third-order valence-corrected chi connectivity index (χ3v) is 4.08. The van der Waals surface area contributed by atoms with Gasteiger partial charge in [-0.2, -0.15) is 0 Å². The van der Waals surface area contributed by atoms with Crippen molar-refractivity contribution in [3.63, 3.8) is 0 Å². The number of aromatic nitrogens is 1. The monoisotopic (exact) mass is 280 g/mol. The van der Waals surface area contributed by atoms with Crippen molar-refractivity contribution >= 4 is 5.91 Å². The topological polar surface area (TPSA) is 33.2 Å². The van der Waals surface area contributed by atoms with Crippen LogP contribution in [0, 0.1) is 0 Å². The van der Waals surface area contributed by atoms with Gasteiger partial charge in [0.15, 0.2) is 0 Å². The van der Waals surface area contributed by atoms with Crippen LogP contribution in [0.1, 0.15) is 39.9 Å². The molecule has 1 amide bonds. The summed E-state index contributed by atoms with van der Waals surface area (Å²) >= 11 is 0. The van der Waals surface area contributed by atoms with Crippen molar-refractivity contribution in [2.45, 2.75) is 32.2 Å². The van der Waals surface area contributed by atoms with Gasteiger partial charge in [-0.15, -0.1) is 0 Å². The van der Waals surface area contributed by atoms with Gasteiger partial charge < -0.3 is 4.90 Å². The maximum Gasteiger partial charge on any atom is 0.253 e. The van der Waals surface area contributed by atoms with E-state index < -0.39 is 0 Å². The summed E-state index contributed by atoms with van der Waals surface area (Å²) in [6.07, 6.45) is 8.29. The zero-order valence-electron chi connectivity index (χ0n) is 12.4. The van der Waals surface area contributed by atoms with Crippen LogP contribution in [0.2, 0.25) is 0 Å². The molecule has 0 bridgehead atoms. The molecule has 21 heavy (non-hydrogen) atoms. The molecule has 108 valence electrons. The van der Waals surface area contributed by atoms with Crippen LogP contribution in [-0.4, -0.2) is 22.8 Å². The standard InChI is InChI=1S/C18H20N2O/c1-20(13-14-5-4-10-19-12-14)18(21)17-9-8-15-6-2-3-7-16(15)11-17/h4-5,8-12H,2-3,6-7,13H2,1H3. The van der Waals surface area contributed by atoms with Crippen LogP contribution in [0.4, 0.5) is 0 Å². The minimum atomic E-state index is 0.0761. The highest BCUT2D eigenvalue weighted by molar-refractivity contribution is 5.94. The lowest BCUT2D eigenvalue weighted by molar-refractivity contribution is 0.0785. The first-order valence-corrected chi connectivity index (χ1v) is 7.50. The average molecular weight is 280 g/mol. The van der Waals surface area contributed by atoms with Gasteiger partial charge in [-0.25, -0.2) is 0 Å². The second-order valence-electron chi connectivity index (χ2n) is 5.71. The van der Waals surface area contributed by atoms with Crippen molar-refractivity contribution in [1.82, 2.24) is 9.88 Å². The van der Waals surface area contributed by atoms with E-state index in [1.54, 1.807) is 17.3 Å². The quantitative estimate of drug-likeness (QED) is 0.865. The molecule has 1 aliphatic rings. The molecule has 3 heteroatoms. The van der Waals surface area contributed by atoms with Crippen molar-refractivity contribution in [3.05, 3.63) is 65.0 Å². The van der Waals surface area contributed by atoms with Gasteiger partial charge in [-0.3, -0.25) is 9.78 Å². The van der Waals surface area contributed by atoms with Crippen LogP contribution in [-0.2, 0) is 19.4 Å². The number of fused-ring (bicyclic) bond motifs is 1. The molecule has 1 aromatic heterocycles. The fourth-order valence-electron chi connectivity index (χ4n) is 2.92. The Labute approximate surface area is 125 Å². The second kappa shape index (κ2) is 6.08. The normalized spacial score (nSPS) is 13.6. The SMILES string of the molecule is CN(Cc1cccnc1)C(=O)c1ccc2c(c1)CCCC2. The number of rotatable bonds is 3. The molecule has 1 aliphatic carbocycles. The van der Waals surface area contributed by atoms with E-state index >= 15 is 0 Å². The van der Waals surface area contributed by atoms with E-state index in [-0.39, 0.29) is 5.91 Å². The first kappa shape index (κ1) is 13.8. The Morgan fingerprint density at radius 3 is 2.76 bits per heavy atom. The summed E-state index contributed by atoms with van der Waals surface area (Å²) < 4.78 is 0. The fourth-order valence-corrected chi connectivity index (χ4v) is 2.92. The molecule has 3 rings (SSSR count). The molecule has 0 saturated heterocycles. The summed E-state index contributed by atoms with van der Waals surface area (Å²) in [4.78, 5) is 18.4. The molecule has 0 saturated carbocycles. The van der Waals surface area contributed by atoms with Crippen LogP contribution < -0.4 is 0 Å². The van der Waals surface area contributed by atoms with Gasteiger partial charge >= 0.3 is 0 Å². The lowest BCUT2D eigenvalue weighted by Gasteiger charge is -2.20. The molecule has 0 aliphatic heterocycles. The fraction of sp³-hybridized carbons (Fsp3) is 0.333. The number of carbonyl (C=O) groups excluding carboxylic acids is 1. The molecule has 0 spiro atoms. The summed E-state index contributed by atoms with van der Waals surface area (Å²) in [7, 11) is 1.84. The smallest absolute Gasteiger partial charge is 0.253 e. The summed E-state index contributed by atoms with van der Waals surface area (Å²) in [5.41, 5.74) is 4.60. The number of aryl methyl sites for hydroxylation is 2. The van der Waals surface area contributed by atoms with E-state index in [9.17, 15) is 4.79 Å². The number of nitrogens with zero attached hydrogens (tertiary/aromatic N) is 2. The van der Waals surface area contributed by atoms with Crippen molar-refractivity contribution in [2.24, 2.45) is 0 Å². The van der Waals surface area contributed by atoms with Crippen molar-refractivity contribution < 1.29 is 4.79 Å². The third kappa shape index (κ3) is 3.13. The van der Waals surface area contributed by atoms with E-state index in [2.05, 4.69) is 17.1 Å². The average Bonchev–Trinajstić information content (AvgIpc) is 2.54. The first-order valence-electron chi connectivity index (χ1n) is 7.50. The van der Waals surface area contributed by atoms with Crippen LogP contribution in [0.5, 0.6) is 0 Å². The highest BCUT2D eigenvalue weighted by Crippen LogP contribution is 2.22. The largest absolute Gasteiger partial charge is 0.337 e. The van der Waals surface area contributed by atoms with Crippen LogP contribution >= 0.6 is 0 Å². The molecule has 2 aromatic rings. The number of hydrogen-bond acceptors (Lipinski definition) is 2. The van der Waals surface area contributed by atoms with Gasteiger partial charge in [0.2, 0.25) is 0 Å². The minimum Gasteiger partial charge on any atom is -0.337 e. The third-order valence-electron chi connectivity index (χ3n) is 4.08. The van der Waals surface area contributed by atoms with Crippen LogP contribution in [0.15, 0.2) is 42.7 Å². The van der Waals surface area contributed by atoms with Gasteiger partial charge in [0.1, 0.15) is 0 Å². The Bertz CT molecular complexity index is 637. The van der Waals surface area contributed by atoms with Gasteiger partial charge in [0, 0.05) is 31.5 Å². The number of benzene rings is 1. The predicted octanol–water partition coefficient (Wildman–Crippen LogP) is 3.23. The lowest BCUT2D eigenvalue weighted by atomic mass is 9.90. The summed E-state index contributed by atoms with van der Waals surface area (Å²) in [5.74, 6) is 0.0761. The first-order chi connectivity index (χ1) is 10.2. The van der Waals surface area contributed by atoms with E-state index in [4.69, 9.17) is 0 Å². The maximum absolute atomic E-state index is 12.5. The van der Waals surface area contributed by atoms with Crippen LogP contribution in [0.3, 0.4) is 0 Å². The Balaban J connectivity index is 1.75. The molecular weight excluding hydrogens is 260 g/mol. The van der Waals surface area contributed by atoms with Crippen molar-refractivity contribution in [2.75, 3.05) is 7.05 Å². The molecule has 1 aromatic carbocycles. The lowest BCUT2D eigenvalue weighted by Crippen LogP contribution is -2.26. The minimum absolute atomic E-state index is 0.0761. The molecule has 0 N–H and O–H groups in total. The van der Waals surface area contributed by atoms with Gasteiger partial charge in [0.05, 0.1) is 0 Å². The number of amides is 1. The number of pyridine rings is 1. The summed E-state index contributed by atoms with van der Waals surface area (Å²) in [6.45, 7) is 0.587.